The van der Waals surface area contributed by atoms with Gasteiger partial charge in [0.1, 0.15) is 16.7 Å². The molecule has 1 aromatic rings. The van der Waals surface area contributed by atoms with Crippen molar-refractivity contribution in [3.8, 4) is 17.6 Å². The summed E-state index contributed by atoms with van der Waals surface area (Å²) in [5.41, 5.74) is 0.754. The molecule has 3 atom stereocenters. The van der Waals surface area contributed by atoms with Gasteiger partial charge in [0.05, 0.1) is 6.61 Å². The Hall–Kier alpha value is -1.59. The molecule has 3 rings (SSSR count). The molecule has 1 aliphatic heterocycles. The van der Waals surface area contributed by atoms with E-state index in [0.717, 1.165) is 31.0 Å². The van der Waals surface area contributed by atoms with Gasteiger partial charge in [0.25, 0.3) is 0 Å². The minimum absolute atomic E-state index is 0.0450. The summed E-state index contributed by atoms with van der Waals surface area (Å²) in [7, 11) is -1.68. The number of aliphatic hydroxyl groups excluding tert-OH is 1. The van der Waals surface area contributed by atoms with Gasteiger partial charge < -0.3 is 14.7 Å². The van der Waals surface area contributed by atoms with Crippen molar-refractivity contribution in [2.75, 3.05) is 33.3 Å². The SMILES string of the molecule is CC(C)CC#Cc1ccc2c(c1)O[C@@H](CN(C)CC1CCCCC1)[C@@H](C)CN([C@@H](C)CO)S2(=O)=O. The highest BCUT2D eigenvalue weighted by molar-refractivity contribution is 7.89. The standard InChI is InChI=1S/C28H44N2O4S/c1-21(2)10-9-13-24-14-15-28-26(16-24)34-27(19-29(5)18-25-11-7-6-8-12-25)22(3)17-30(23(4)20-31)35(28,32)33/h14-16,21-23,25,27,31H,6-8,10-12,17-20H2,1-5H3/t22-,23-,27-/m0/s1. The molecule has 0 saturated heterocycles. The van der Waals surface area contributed by atoms with Gasteiger partial charge in [-0.3, -0.25) is 0 Å². The van der Waals surface area contributed by atoms with E-state index in [9.17, 15) is 13.5 Å². The highest BCUT2D eigenvalue weighted by Gasteiger charge is 2.38. The van der Waals surface area contributed by atoms with E-state index in [0.29, 0.717) is 18.2 Å². The first-order valence-electron chi connectivity index (χ1n) is 13.2. The number of likely N-dealkylation sites (N-methyl/N-ethyl adjacent to an activating group) is 1. The maximum absolute atomic E-state index is 13.6. The summed E-state index contributed by atoms with van der Waals surface area (Å²) in [5, 5.41) is 9.83. The van der Waals surface area contributed by atoms with E-state index < -0.39 is 16.1 Å². The zero-order valence-electron chi connectivity index (χ0n) is 22.2. The molecule has 35 heavy (non-hydrogen) atoms. The molecule has 0 unspecified atom stereocenters. The molecule has 7 heteroatoms. The highest BCUT2D eigenvalue weighted by Crippen LogP contribution is 2.34. The monoisotopic (exact) mass is 504 g/mol. The topological polar surface area (TPSA) is 70.1 Å². The number of sulfonamides is 1. The van der Waals surface area contributed by atoms with Gasteiger partial charge >= 0.3 is 0 Å². The van der Waals surface area contributed by atoms with Gasteiger partial charge in [-0.2, -0.15) is 4.31 Å². The maximum Gasteiger partial charge on any atom is 0.247 e. The Kier molecular flexibility index (Phi) is 10.1. The average Bonchev–Trinajstić information content (AvgIpc) is 2.81. The molecule has 0 spiro atoms. The van der Waals surface area contributed by atoms with Crippen LogP contribution in [0.5, 0.6) is 5.75 Å². The summed E-state index contributed by atoms with van der Waals surface area (Å²) in [6.07, 6.45) is 7.15. The Morgan fingerprint density at radius 3 is 2.54 bits per heavy atom. The molecule has 0 radical (unpaired) electrons. The van der Waals surface area contributed by atoms with E-state index in [1.807, 2.05) is 6.92 Å². The van der Waals surface area contributed by atoms with E-state index in [1.54, 1.807) is 25.1 Å². The van der Waals surface area contributed by atoms with Crippen LogP contribution in [0, 0.1) is 29.6 Å². The number of aliphatic hydroxyl groups is 1. The highest BCUT2D eigenvalue weighted by atomic mass is 32.2. The maximum atomic E-state index is 13.6. The number of fused-ring (bicyclic) bond motifs is 1. The van der Waals surface area contributed by atoms with Crippen LogP contribution in [0.4, 0.5) is 0 Å². The lowest BCUT2D eigenvalue weighted by Gasteiger charge is -2.38. The number of benzene rings is 1. The van der Waals surface area contributed by atoms with Gasteiger partial charge in [-0.05, 0) is 56.8 Å². The van der Waals surface area contributed by atoms with Gasteiger partial charge in [0, 0.05) is 43.6 Å². The second-order valence-corrected chi connectivity index (χ2v) is 12.9. The first-order chi connectivity index (χ1) is 16.6. The number of rotatable bonds is 7. The van der Waals surface area contributed by atoms with Gasteiger partial charge in [-0.25, -0.2) is 8.42 Å². The Bertz CT molecular complexity index is 992. The van der Waals surface area contributed by atoms with E-state index in [4.69, 9.17) is 4.74 Å². The summed E-state index contributed by atoms with van der Waals surface area (Å²) in [6, 6.07) is 4.62. The van der Waals surface area contributed by atoms with Crippen LogP contribution in [-0.2, 0) is 10.0 Å². The summed E-state index contributed by atoms with van der Waals surface area (Å²) in [5.74, 6) is 7.86. The number of hydrogen-bond donors (Lipinski definition) is 1. The van der Waals surface area contributed by atoms with Crippen LogP contribution in [0.2, 0.25) is 0 Å². The largest absolute Gasteiger partial charge is 0.487 e. The lowest BCUT2D eigenvalue weighted by molar-refractivity contribution is 0.0688. The quantitative estimate of drug-likeness (QED) is 0.559. The van der Waals surface area contributed by atoms with Crippen molar-refractivity contribution in [1.29, 1.82) is 0 Å². The van der Waals surface area contributed by atoms with Crippen molar-refractivity contribution in [1.82, 2.24) is 9.21 Å². The average molecular weight is 505 g/mol. The third-order valence-electron chi connectivity index (χ3n) is 7.20. The lowest BCUT2D eigenvalue weighted by atomic mass is 9.89. The molecular formula is C28H44N2O4S. The minimum Gasteiger partial charge on any atom is -0.487 e. The van der Waals surface area contributed by atoms with E-state index in [2.05, 4.69) is 37.6 Å². The smallest absolute Gasteiger partial charge is 0.247 e. The predicted molar refractivity (Wildman–Crippen MR) is 141 cm³/mol. The fourth-order valence-corrected chi connectivity index (χ4v) is 6.90. The first kappa shape index (κ1) is 28.0. The molecule has 1 aromatic carbocycles. The fourth-order valence-electron chi connectivity index (χ4n) is 5.07. The van der Waals surface area contributed by atoms with E-state index in [1.165, 1.54) is 36.4 Å². The van der Waals surface area contributed by atoms with Crippen LogP contribution in [-0.4, -0.2) is 68.2 Å². The second-order valence-electron chi connectivity index (χ2n) is 11.0. The molecule has 0 bridgehead atoms. The van der Waals surface area contributed by atoms with Gasteiger partial charge in [0.2, 0.25) is 10.0 Å². The molecule has 1 N–H and O–H groups in total. The molecule has 0 aromatic heterocycles. The normalized spacial score (nSPS) is 24.1. The zero-order chi connectivity index (χ0) is 25.6. The van der Waals surface area contributed by atoms with Crippen LogP contribution in [0.1, 0.15) is 71.8 Å². The Morgan fingerprint density at radius 1 is 1.17 bits per heavy atom. The second kappa shape index (κ2) is 12.6. The number of ether oxygens (including phenoxy) is 1. The zero-order valence-corrected chi connectivity index (χ0v) is 23.0. The summed E-state index contributed by atoms with van der Waals surface area (Å²) >= 11 is 0. The van der Waals surface area contributed by atoms with Gasteiger partial charge in [-0.1, -0.05) is 51.9 Å². The van der Waals surface area contributed by atoms with Crippen molar-refractivity contribution < 1.29 is 18.3 Å². The molecular weight excluding hydrogens is 460 g/mol. The lowest BCUT2D eigenvalue weighted by Crippen LogP contribution is -2.49. The minimum atomic E-state index is -3.83. The van der Waals surface area contributed by atoms with Crippen LogP contribution >= 0.6 is 0 Å². The van der Waals surface area contributed by atoms with Gasteiger partial charge in [0.15, 0.2) is 0 Å². The molecule has 1 aliphatic carbocycles. The Balaban J connectivity index is 1.92. The van der Waals surface area contributed by atoms with Crippen molar-refractivity contribution in [2.45, 2.75) is 83.3 Å². The molecule has 1 heterocycles. The first-order valence-corrected chi connectivity index (χ1v) is 14.7. The molecule has 6 nitrogen and oxygen atoms in total. The summed E-state index contributed by atoms with van der Waals surface area (Å²) in [6.45, 7) is 9.88. The van der Waals surface area contributed by atoms with Crippen LogP contribution in [0.15, 0.2) is 23.1 Å². The molecule has 1 saturated carbocycles. The van der Waals surface area contributed by atoms with Crippen LogP contribution < -0.4 is 4.74 Å². The van der Waals surface area contributed by atoms with Crippen LogP contribution in [0.25, 0.3) is 0 Å². The third-order valence-corrected chi connectivity index (χ3v) is 9.22. The molecule has 2 aliphatic rings. The molecule has 196 valence electrons. The Labute approximate surface area is 213 Å². The van der Waals surface area contributed by atoms with Gasteiger partial charge in [-0.15, -0.1) is 0 Å². The van der Waals surface area contributed by atoms with Crippen molar-refractivity contribution in [3.63, 3.8) is 0 Å². The molecule has 0 amide bonds. The molecule has 1 fully saturated rings. The summed E-state index contributed by atoms with van der Waals surface area (Å²) < 4.78 is 35.2. The van der Waals surface area contributed by atoms with Crippen molar-refractivity contribution in [2.24, 2.45) is 17.8 Å². The third kappa shape index (κ3) is 7.45. The number of hydrogen-bond acceptors (Lipinski definition) is 5. The van der Waals surface area contributed by atoms with E-state index >= 15 is 0 Å². The predicted octanol–water partition coefficient (Wildman–Crippen LogP) is 4.36. The Morgan fingerprint density at radius 2 is 1.89 bits per heavy atom. The van der Waals surface area contributed by atoms with Crippen LogP contribution in [0.3, 0.4) is 0 Å². The van der Waals surface area contributed by atoms with Crippen molar-refractivity contribution in [3.05, 3.63) is 23.8 Å². The number of nitrogens with zero attached hydrogens (tertiary/aromatic N) is 2. The van der Waals surface area contributed by atoms with E-state index in [-0.39, 0.29) is 23.5 Å². The van der Waals surface area contributed by atoms with Crippen molar-refractivity contribution >= 4 is 10.0 Å². The fraction of sp³-hybridized carbons (Fsp3) is 0.714. The summed E-state index contributed by atoms with van der Waals surface area (Å²) in [4.78, 5) is 2.50.